The highest BCUT2D eigenvalue weighted by atomic mass is 32.1. The molecule has 0 radical (unpaired) electrons. The fraction of sp³-hybridized carbons (Fsp3) is 0.412. The third-order valence-corrected chi connectivity index (χ3v) is 5.49. The number of nitrogens with one attached hydrogen (secondary N) is 2. The van der Waals surface area contributed by atoms with Crippen LogP contribution in [-0.4, -0.2) is 28.9 Å². The lowest BCUT2D eigenvalue weighted by atomic mass is 9.97. The van der Waals surface area contributed by atoms with Crippen molar-refractivity contribution in [2.75, 3.05) is 18.4 Å². The second-order valence-corrected chi connectivity index (χ2v) is 7.06. The number of carbonyl (C=O) groups is 1. The van der Waals surface area contributed by atoms with Crippen LogP contribution in [0.15, 0.2) is 24.4 Å². The first-order valence-electron chi connectivity index (χ1n) is 8.33. The van der Waals surface area contributed by atoms with Gasteiger partial charge in [-0.25, -0.2) is 4.98 Å². The van der Waals surface area contributed by atoms with E-state index in [9.17, 15) is 14.9 Å². The number of hydrogen-bond donors (Lipinski definition) is 2. The number of amides is 1. The molecule has 2 heterocycles. The molecule has 2 N–H and O–H groups in total. The number of aryl methyl sites for hydroxylation is 1. The van der Waals surface area contributed by atoms with Gasteiger partial charge in [0.1, 0.15) is 0 Å². The minimum absolute atomic E-state index is 0.0234. The highest BCUT2D eigenvalue weighted by Crippen LogP contribution is 2.32. The van der Waals surface area contributed by atoms with E-state index in [4.69, 9.17) is 0 Å². The van der Waals surface area contributed by atoms with Gasteiger partial charge >= 0.3 is 0 Å². The second kappa shape index (κ2) is 7.71. The van der Waals surface area contributed by atoms with Crippen molar-refractivity contribution in [2.45, 2.75) is 32.1 Å². The third-order valence-electron chi connectivity index (χ3n) is 4.41. The molecule has 0 saturated carbocycles. The Kier molecular flexibility index (Phi) is 5.40. The van der Waals surface area contributed by atoms with Crippen molar-refractivity contribution < 1.29 is 9.72 Å². The Hall–Kier alpha value is -2.32. The number of nitro benzene ring substituents is 1. The van der Waals surface area contributed by atoms with Crippen molar-refractivity contribution in [1.29, 1.82) is 0 Å². The Balaban J connectivity index is 1.73. The van der Waals surface area contributed by atoms with Crippen LogP contribution in [0.3, 0.4) is 0 Å². The van der Waals surface area contributed by atoms with E-state index in [0.29, 0.717) is 23.0 Å². The van der Waals surface area contributed by atoms with Gasteiger partial charge in [0, 0.05) is 28.3 Å². The van der Waals surface area contributed by atoms with Gasteiger partial charge in [-0.2, -0.15) is 0 Å². The van der Waals surface area contributed by atoms with E-state index in [0.717, 1.165) is 25.9 Å². The molecule has 0 aliphatic carbocycles. The number of carbonyl (C=O) groups excluding carboxylic acids is 1. The van der Waals surface area contributed by atoms with E-state index in [1.54, 1.807) is 12.1 Å². The number of benzene rings is 1. The molecule has 2 aromatic rings. The summed E-state index contributed by atoms with van der Waals surface area (Å²) in [6, 6.07) is 4.58. The number of aromatic nitrogens is 1. The van der Waals surface area contributed by atoms with E-state index in [1.165, 1.54) is 22.3 Å². The summed E-state index contributed by atoms with van der Waals surface area (Å²) in [5.74, 6) is 0.103. The van der Waals surface area contributed by atoms with Gasteiger partial charge in [0.15, 0.2) is 5.13 Å². The Morgan fingerprint density at radius 1 is 1.44 bits per heavy atom. The summed E-state index contributed by atoms with van der Waals surface area (Å²) in [6.45, 7) is 3.84. The fourth-order valence-corrected chi connectivity index (χ4v) is 3.96. The van der Waals surface area contributed by atoms with Crippen LogP contribution < -0.4 is 10.6 Å². The van der Waals surface area contributed by atoms with Gasteiger partial charge in [-0.3, -0.25) is 20.2 Å². The lowest BCUT2D eigenvalue weighted by Crippen LogP contribution is -2.26. The summed E-state index contributed by atoms with van der Waals surface area (Å²) in [5, 5.41) is 17.8. The molecular weight excluding hydrogens is 340 g/mol. The Morgan fingerprint density at radius 3 is 2.88 bits per heavy atom. The Labute approximate surface area is 149 Å². The van der Waals surface area contributed by atoms with Gasteiger partial charge in [-0.05, 0) is 44.3 Å². The van der Waals surface area contributed by atoms with Crippen molar-refractivity contribution in [3.63, 3.8) is 0 Å². The van der Waals surface area contributed by atoms with Gasteiger partial charge in [-0.1, -0.05) is 13.0 Å². The first-order valence-corrected chi connectivity index (χ1v) is 9.15. The zero-order valence-corrected chi connectivity index (χ0v) is 14.8. The number of anilines is 1. The summed E-state index contributed by atoms with van der Waals surface area (Å²) >= 11 is 1.48. The molecule has 1 aromatic carbocycles. The standard InChI is InChI=1S/C17H20N4O3S/c1-2-11-3-4-13(9-14(11)21(23)24)16(22)20-17-19-10-15(25-17)12-5-7-18-8-6-12/h3-4,9-10,12,18H,2,5-8H2,1H3,(H,19,20,22). The smallest absolute Gasteiger partial charge is 0.273 e. The van der Waals surface area contributed by atoms with Gasteiger partial charge < -0.3 is 5.32 Å². The molecule has 25 heavy (non-hydrogen) atoms. The fourth-order valence-electron chi connectivity index (χ4n) is 2.98. The predicted molar refractivity (Wildman–Crippen MR) is 97.4 cm³/mol. The highest BCUT2D eigenvalue weighted by molar-refractivity contribution is 7.15. The van der Waals surface area contributed by atoms with E-state index < -0.39 is 4.92 Å². The van der Waals surface area contributed by atoms with Crippen molar-refractivity contribution in [3.8, 4) is 0 Å². The number of nitrogens with zero attached hydrogens (tertiary/aromatic N) is 2. The zero-order valence-electron chi connectivity index (χ0n) is 13.9. The predicted octanol–water partition coefficient (Wildman–Crippen LogP) is 3.33. The largest absolute Gasteiger partial charge is 0.317 e. The first-order chi connectivity index (χ1) is 12.1. The molecule has 0 bridgehead atoms. The van der Waals surface area contributed by atoms with Crippen LogP contribution in [0.2, 0.25) is 0 Å². The molecule has 7 nitrogen and oxygen atoms in total. The molecule has 3 rings (SSSR count). The molecule has 1 fully saturated rings. The summed E-state index contributed by atoms with van der Waals surface area (Å²) in [4.78, 5) is 28.5. The average molecular weight is 360 g/mol. The summed E-state index contributed by atoms with van der Waals surface area (Å²) in [5.41, 5.74) is 0.858. The molecule has 8 heteroatoms. The molecular formula is C17H20N4O3S. The SMILES string of the molecule is CCc1ccc(C(=O)Nc2ncc(C3CCNCC3)s2)cc1[N+](=O)[O-]. The minimum Gasteiger partial charge on any atom is -0.317 e. The molecule has 0 unspecified atom stereocenters. The molecule has 0 atom stereocenters. The van der Waals surface area contributed by atoms with Crippen LogP contribution in [0.4, 0.5) is 10.8 Å². The maximum Gasteiger partial charge on any atom is 0.273 e. The normalized spacial score (nSPS) is 15.1. The monoisotopic (exact) mass is 360 g/mol. The maximum absolute atomic E-state index is 12.4. The number of piperidine rings is 1. The summed E-state index contributed by atoms with van der Waals surface area (Å²) in [6.07, 6.45) is 4.50. The Morgan fingerprint density at radius 2 is 2.20 bits per heavy atom. The molecule has 0 spiro atoms. The van der Waals surface area contributed by atoms with E-state index in [-0.39, 0.29) is 17.2 Å². The van der Waals surface area contributed by atoms with Crippen LogP contribution in [0.1, 0.15) is 46.5 Å². The van der Waals surface area contributed by atoms with E-state index in [1.807, 2.05) is 13.1 Å². The zero-order chi connectivity index (χ0) is 17.8. The topological polar surface area (TPSA) is 97.2 Å². The Bertz CT molecular complexity index is 784. The molecule has 1 aromatic heterocycles. The van der Waals surface area contributed by atoms with E-state index in [2.05, 4.69) is 15.6 Å². The molecule has 132 valence electrons. The van der Waals surface area contributed by atoms with Crippen LogP contribution in [0.25, 0.3) is 0 Å². The third kappa shape index (κ3) is 4.02. The maximum atomic E-state index is 12.4. The molecule has 1 saturated heterocycles. The van der Waals surface area contributed by atoms with Gasteiger partial charge in [0.25, 0.3) is 11.6 Å². The summed E-state index contributed by atoms with van der Waals surface area (Å²) in [7, 11) is 0. The van der Waals surface area contributed by atoms with Crippen molar-refractivity contribution in [3.05, 3.63) is 50.5 Å². The lowest BCUT2D eigenvalue weighted by molar-refractivity contribution is -0.385. The van der Waals surface area contributed by atoms with E-state index >= 15 is 0 Å². The number of hydrogen-bond acceptors (Lipinski definition) is 6. The second-order valence-electron chi connectivity index (χ2n) is 6.00. The lowest BCUT2D eigenvalue weighted by Gasteiger charge is -2.20. The van der Waals surface area contributed by atoms with Gasteiger partial charge in [-0.15, -0.1) is 11.3 Å². The van der Waals surface area contributed by atoms with Crippen LogP contribution in [0, 0.1) is 10.1 Å². The first kappa shape index (κ1) is 17.5. The molecule has 1 aliphatic heterocycles. The minimum atomic E-state index is -0.450. The van der Waals surface area contributed by atoms with Crippen molar-refractivity contribution in [1.82, 2.24) is 10.3 Å². The van der Waals surface area contributed by atoms with Gasteiger partial charge in [0.2, 0.25) is 0 Å². The van der Waals surface area contributed by atoms with Crippen molar-refractivity contribution in [2.24, 2.45) is 0 Å². The molecule has 1 amide bonds. The average Bonchev–Trinajstić information content (AvgIpc) is 3.10. The quantitative estimate of drug-likeness (QED) is 0.630. The van der Waals surface area contributed by atoms with Crippen molar-refractivity contribution >= 4 is 28.1 Å². The van der Waals surface area contributed by atoms with Crippen LogP contribution >= 0.6 is 11.3 Å². The number of thiazole rings is 1. The number of rotatable bonds is 5. The number of nitro groups is 1. The van der Waals surface area contributed by atoms with Crippen LogP contribution in [-0.2, 0) is 6.42 Å². The van der Waals surface area contributed by atoms with Gasteiger partial charge in [0.05, 0.1) is 4.92 Å². The van der Waals surface area contributed by atoms with Crippen LogP contribution in [0.5, 0.6) is 0 Å². The molecule has 1 aliphatic rings. The highest BCUT2D eigenvalue weighted by Gasteiger charge is 2.20. The summed E-state index contributed by atoms with van der Waals surface area (Å²) < 4.78 is 0.